The predicted molar refractivity (Wildman–Crippen MR) is 37.9 cm³/mol. The molecule has 11 heavy (non-hydrogen) atoms. The second kappa shape index (κ2) is 3.00. The van der Waals surface area contributed by atoms with Gasteiger partial charge in [0.1, 0.15) is 0 Å². The summed E-state index contributed by atoms with van der Waals surface area (Å²) < 4.78 is 0. The van der Waals surface area contributed by atoms with Crippen molar-refractivity contribution in [3.63, 3.8) is 0 Å². The molecule has 0 unspecified atom stereocenters. The maximum absolute atomic E-state index is 10.9. The maximum Gasteiger partial charge on any atom is 0.345 e. The van der Waals surface area contributed by atoms with Crippen LogP contribution in [0.1, 0.15) is 6.42 Å². The van der Waals surface area contributed by atoms with Crippen molar-refractivity contribution in [1.29, 1.82) is 0 Å². The SMILES string of the molecule is NC(=O)NC(=O)N1CCC=N1. The standard InChI is InChI=1S/C5H8N4O2/c6-4(10)8-5(11)9-3-1-2-7-9/h2H,1,3H2,(H3,6,8,10,11). The number of amides is 4. The molecule has 3 N–H and O–H groups in total. The lowest BCUT2D eigenvalue weighted by molar-refractivity contribution is 0.203. The van der Waals surface area contributed by atoms with Gasteiger partial charge in [-0.2, -0.15) is 5.10 Å². The number of rotatable bonds is 0. The molecule has 0 aromatic carbocycles. The molecule has 4 amide bonds. The van der Waals surface area contributed by atoms with Crippen LogP contribution >= 0.6 is 0 Å². The minimum Gasteiger partial charge on any atom is -0.351 e. The third-order valence-electron chi connectivity index (χ3n) is 1.16. The molecule has 0 fully saturated rings. The molecule has 6 heteroatoms. The Morgan fingerprint density at radius 3 is 2.82 bits per heavy atom. The molecule has 1 heterocycles. The van der Waals surface area contributed by atoms with Gasteiger partial charge in [-0.15, -0.1) is 0 Å². The minimum atomic E-state index is -0.864. The van der Waals surface area contributed by atoms with E-state index in [-0.39, 0.29) is 0 Å². The van der Waals surface area contributed by atoms with Crippen LogP contribution in [0, 0.1) is 0 Å². The molecule has 60 valence electrons. The molecular formula is C5H8N4O2. The first-order valence-corrected chi connectivity index (χ1v) is 3.10. The minimum absolute atomic E-state index is 0.499. The van der Waals surface area contributed by atoms with Gasteiger partial charge in [0, 0.05) is 12.6 Å². The summed E-state index contributed by atoms with van der Waals surface area (Å²) in [7, 11) is 0. The van der Waals surface area contributed by atoms with Gasteiger partial charge in [0.15, 0.2) is 0 Å². The van der Waals surface area contributed by atoms with Crippen LogP contribution in [-0.4, -0.2) is 29.8 Å². The third kappa shape index (κ3) is 1.92. The number of hydrogen-bond donors (Lipinski definition) is 2. The lowest BCUT2D eigenvalue weighted by Gasteiger charge is -2.09. The van der Waals surface area contributed by atoms with Gasteiger partial charge in [-0.3, -0.25) is 5.32 Å². The largest absolute Gasteiger partial charge is 0.351 e. The Hall–Kier alpha value is -1.59. The molecular weight excluding hydrogens is 148 g/mol. The summed E-state index contributed by atoms with van der Waals surface area (Å²) in [5, 5.41) is 6.72. The smallest absolute Gasteiger partial charge is 0.345 e. The van der Waals surface area contributed by atoms with Gasteiger partial charge in [-0.05, 0) is 0 Å². The Morgan fingerprint density at radius 1 is 1.64 bits per heavy atom. The van der Waals surface area contributed by atoms with Crippen LogP contribution in [0.4, 0.5) is 9.59 Å². The Balaban J connectivity index is 2.41. The van der Waals surface area contributed by atoms with E-state index in [1.165, 1.54) is 0 Å². The number of imide groups is 1. The highest BCUT2D eigenvalue weighted by Gasteiger charge is 2.15. The molecule has 0 spiro atoms. The summed E-state index contributed by atoms with van der Waals surface area (Å²) in [5.41, 5.74) is 4.71. The second-order valence-corrected chi connectivity index (χ2v) is 2.00. The fourth-order valence-corrected chi connectivity index (χ4v) is 0.718. The Kier molecular flexibility index (Phi) is 2.05. The van der Waals surface area contributed by atoms with E-state index in [9.17, 15) is 9.59 Å². The first kappa shape index (κ1) is 7.52. The van der Waals surface area contributed by atoms with Gasteiger partial charge in [0.25, 0.3) is 0 Å². The topological polar surface area (TPSA) is 87.8 Å². The van der Waals surface area contributed by atoms with Crippen molar-refractivity contribution < 1.29 is 9.59 Å². The van der Waals surface area contributed by atoms with Crippen molar-refractivity contribution in [2.24, 2.45) is 10.8 Å². The molecule has 1 aliphatic rings. The van der Waals surface area contributed by atoms with Crippen LogP contribution in [0.15, 0.2) is 5.10 Å². The van der Waals surface area contributed by atoms with E-state index in [1.54, 1.807) is 6.21 Å². The number of hydrazone groups is 1. The van der Waals surface area contributed by atoms with E-state index < -0.39 is 12.1 Å². The fraction of sp³-hybridized carbons (Fsp3) is 0.400. The number of urea groups is 2. The van der Waals surface area contributed by atoms with Crippen molar-refractivity contribution >= 4 is 18.3 Å². The van der Waals surface area contributed by atoms with E-state index >= 15 is 0 Å². The summed E-state index contributed by atoms with van der Waals surface area (Å²) in [6, 6.07) is -1.44. The molecule has 0 saturated carbocycles. The molecule has 6 nitrogen and oxygen atoms in total. The number of nitrogens with one attached hydrogen (secondary N) is 1. The summed E-state index contributed by atoms with van der Waals surface area (Å²) in [6.07, 6.45) is 2.31. The average molecular weight is 156 g/mol. The Labute approximate surface area is 63.0 Å². The van der Waals surface area contributed by atoms with Gasteiger partial charge in [-0.25, -0.2) is 14.6 Å². The number of hydrogen-bond acceptors (Lipinski definition) is 3. The summed E-state index contributed by atoms with van der Waals surface area (Å²) >= 11 is 0. The van der Waals surface area contributed by atoms with Crippen molar-refractivity contribution in [1.82, 2.24) is 10.3 Å². The Bertz CT molecular complexity index is 213. The molecule has 0 saturated heterocycles. The van der Waals surface area contributed by atoms with Crippen LogP contribution in [0.2, 0.25) is 0 Å². The van der Waals surface area contributed by atoms with Gasteiger partial charge in [-0.1, -0.05) is 0 Å². The van der Waals surface area contributed by atoms with Gasteiger partial charge in [0.05, 0.1) is 6.54 Å². The van der Waals surface area contributed by atoms with Crippen molar-refractivity contribution in [2.75, 3.05) is 6.54 Å². The lowest BCUT2D eigenvalue weighted by Crippen LogP contribution is -2.41. The number of carbonyl (C=O) groups excluding carboxylic acids is 2. The zero-order valence-electron chi connectivity index (χ0n) is 5.78. The predicted octanol–water partition coefficient (Wildman–Crippen LogP) is -0.534. The zero-order chi connectivity index (χ0) is 8.27. The highest BCUT2D eigenvalue weighted by Crippen LogP contribution is 1.98. The van der Waals surface area contributed by atoms with Crippen LogP contribution in [0.25, 0.3) is 0 Å². The molecule has 1 aliphatic heterocycles. The lowest BCUT2D eigenvalue weighted by atomic mass is 10.5. The quantitative estimate of drug-likeness (QED) is 0.493. The number of carbonyl (C=O) groups is 2. The molecule has 1 rings (SSSR count). The first-order chi connectivity index (χ1) is 5.20. The highest BCUT2D eigenvalue weighted by molar-refractivity contribution is 5.93. The van der Waals surface area contributed by atoms with Crippen LogP contribution in [0.5, 0.6) is 0 Å². The zero-order valence-corrected chi connectivity index (χ0v) is 5.78. The van der Waals surface area contributed by atoms with Gasteiger partial charge >= 0.3 is 12.1 Å². The van der Waals surface area contributed by atoms with Gasteiger partial charge < -0.3 is 5.73 Å². The van der Waals surface area contributed by atoms with E-state index in [4.69, 9.17) is 5.73 Å². The number of nitrogens with two attached hydrogens (primary N) is 1. The molecule has 0 atom stereocenters. The van der Waals surface area contributed by atoms with Crippen LogP contribution in [0.3, 0.4) is 0 Å². The summed E-state index contributed by atoms with van der Waals surface area (Å²) in [5.74, 6) is 0. The first-order valence-electron chi connectivity index (χ1n) is 3.10. The third-order valence-corrected chi connectivity index (χ3v) is 1.16. The average Bonchev–Trinajstić information content (AvgIpc) is 2.35. The molecule has 0 aromatic rings. The normalized spacial score (nSPS) is 15.1. The van der Waals surface area contributed by atoms with E-state index in [0.717, 1.165) is 5.01 Å². The van der Waals surface area contributed by atoms with Crippen LogP contribution in [-0.2, 0) is 0 Å². The van der Waals surface area contributed by atoms with E-state index in [2.05, 4.69) is 5.10 Å². The van der Waals surface area contributed by atoms with Crippen molar-refractivity contribution in [3.8, 4) is 0 Å². The molecule has 0 radical (unpaired) electrons. The fourth-order valence-electron chi connectivity index (χ4n) is 0.718. The summed E-state index contributed by atoms with van der Waals surface area (Å²) in [6.45, 7) is 0.499. The van der Waals surface area contributed by atoms with Crippen molar-refractivity contribution in [3.05, 3.63) is 0 Å². The highest BCUT2D eigenvalue weighted by atomic mass is 16.2. The monoisotopic (exact) mass is 156 g/mol. The van der Waals surface area contributed by atoms with Crippen LogP contribution < -0.4 is 11.1 Å². The molecule has 0 aromatic heterocycles. The van der Waals surface area contributed by atoms with Crippen molar-refractivity contribution in [2.45, 2.75) is 6.42 Å². The maximum atomic E-state index is 10.9. The summed E-state index contributed by atoms with van der Waals surface area (Å²) in [4.78, 5) is 21.0. The number of nitrogens with zero attached hydrogens (tertiary/aromatic N) is 2. The van der Waals surface area contributed by atoms with E-state index in [1.807, 2.05) is 5.32 Å². The molecule has 0 bridgehead atoms. The second-order valence-electron chi connectivity index (χ2n) is 2.00. The number of primary amides is 1. The Morgan fingerprint density at radius 2 is 2.36 bits per heavy atom. The van der Waals surface area contributed by atoms with Gasteiger partial charge in [0.2, 0.25) is 0 Å². The molecule has 0 aliphatic carbocycles. The van der Waals surface area contributed by atoms with E-state index in [0.29, 0.717) is 13.0 Å².